The number of hydrogen-bond acceptors (Lipinski definition) is 7. The number of rotatable bonds is 6. The van der Waals surface area contributed by atoms with E-state index in [2.05, 4.69) is 28.0 Å². The number of ether oxygens (including phenoxy) is 2. The van der Waals surface area contributed by atoms with Gasteiger partial charge in [0.2, 0.25) is 10.0 Å². The van der Waals surface area contributed by atoms with Crippen LogP contribution in [0.1, 0.15) is 90.3 Å². The van der Waals surface area contributed by atoms with E-state index in [0.717, 1.165) is 112 Å². The van der Waals surface area contributed by atoms with Crippen molar-refractivity contribution in [2.24, 2.45) is 0 Å². The summed E-state index contributed by atoms with van der Waals surface area (Å²) in [5.74, 6) is 1.54. The Morgan fingerprint density at radius 1 is 0.787 bits per heavy atom. The molecular formula is C38H43N3O5S. The Balaban J connectivity index is 1.32. The second kappa shape index (κ2) is 11.0. The molecule has 0 aliphatic carbocycles. The van der Waals surface area contributed by atoms with Crippen molar-refractivity contribution in [1.82, 2.24) is 4.31 Å². The molecule has 6 heterocycles. The van der Waals surface area contributed by atoms with Crippen molar-refractivity contribution in [2.45, 2.75) is 87.5 Å². The number of esters is 1. The van der Waals surface area contributed by atoms with Crippen molar-refractivity contribution in [3.05, 3.63) is 75.3 Å². The van der Waals surface area contributed by atoms with Crippen molar-refractivity contribution in [2.75, 3.05) is 49.6 Å². The number of methoxy groups -OCH3 is 1. The van der Waals surface area contributed by atoms with Gasteiger partial charge in [0.25, 0.3) is 0 Å². The maximum Gasteiger partial charge on any atom is 0.305 e. The second-order valence-corrected chi connectivity index (χ2v) is 16.0. The van der Waals surface area contributed by atoms with Crippen molar-refractivity contribution < 1.29 is 22.7 Å². The third kappa shape index (κ3) is 4.14. The van der Waals surface area contributed by atoms with Gasteiger partial charge in [0.15, 0.2) is 0 Å². The zero-order chi connectivity index (χ0) is 31.9. The van der Waals surface area contributed by atoms with Crippen molar-refractivity contribution in [3.63, 3.8) is 0 Å². The van der Waals surface area contributed by atoms with Gasteiger partial charge in [-0.05, 0) is 93.5 Å². The van der Waals surface area contributed by atoms with Crippen molar-refractivity contribution >= 4 is 27.4 Å². The summed E-state index contributed by atoms with van der Waals surface area (Å²) in [7, 11) is -2.44. The van der Waals surface area contributed by atoms with Gasteiger partial charge < -0.3 is 19.3 Å². The van der Waals surface area contributed by atoms with E-state index in [1.54, 1.807) is 6.07 Å². The fourth-order valence-electron chi connectivity index (χ4n) is 9.75. The molecule has 0 amide bonds. The Bertz CT molecular complexity index is 1840. The Hall–Kier alpha value is -3.56. The van der Waals surface area contributed by atoms with Crippen LogP contribution in [-0.2, 0) is 50.8 Å². The maximum atomic E-state index is 14.9. The fraction of sp³-hybridized carbons (Fsp3) is 0.500. The van der Waals surface area contributed by atoms with Crippen LogP contribution in [0.25, 0.3) is 0 Å². The van der Waals surface area contributed by atoms with Crippen LogP contribution in [0.2, 0.25) is 0 Å². The number of anilines is 2. The average Bonchev–Trinajstić information content (AvgIpc) is 3.29. The molecule has 3 aromatic carbocycles. The zero-order valence-corrected chi connectivity index (χ0v) is 28.1. The molecule has 0 saturated heterocycles. The van der Waals surface area contributed by atoms with Crippen LogP contribution in [-0.4, -0.2) is 58.5 Å². The summed E-state index contributed by atoms with van der Waals surface area (Å²) in [6, 6.07) is 12.4. The molecule has 3 aromatic rings. The van der Waals surface area contributed by atoms with Crippen LogP contribution < -0.4 is 14.5 Å². The van der Waals surface area contributed by atoms with E-state index in [1.165, 1.54) is 40.7 Å². The molecule has 1 spiro atoms. The summed E-state index contributed by atoms with van der Waals surface area (Å²) in [6.07, 6.45) is 10.6. The highest BCUT2D eigenvalue weighted by atomic mass is 32.2. The summed E-state index contributed by atoms with van der Waals surface area (Å²) >= 11 is 0. The van der Waals surface area contributed by atoms with E-state index in [-0.39, 0.29) is 5.97 Å². The molecule has 0 atom stereocenters. The normalized spacial score (nSPS) is 20.9. The third-order valence-electron chi connectivity index (χ3n) is 11.6. The van der Waals surface area contributed by atoms with E-state index >= 15 is 0 Å². The van der Waals surface area contributed by atoms with Gasteiger partial charge in [0.05, 0.1) is 12.0 Å². The molecule has 0 radical (unpaired) electrons. The Kier molecular flexibility index (Phi) is 6.91. The number of hydrogen-bond donors (Lipinski definition) is 0. The molecule has 0 saturated carbocycles. The van der Waals surface area contributed by atoms with E-state index in [4.69, 9.17) is 9.47 Å². The Morgan fingerprint density at radius 3 is 1.96 bits per heavy atom. The van der Waals surface area contributed by atoms with Crippen LogP contribution in [0, 0.1) is 0 Å². The minimum atomic E-state index is -3.86. The number of benzene rings is 3. The lowest BCUT2D eigenvalue weighted by Crippen LogP contribution is -2.49. The van der Waals surface area contributed by atoms with E-state index < -0.39 is 15.6 Å². The van der Waals surface area contributed by atoms with Gasteiger partial charge in [0.1, 0.15) is 17.0 Å². The highest BCUT2D eigenvalue weighted by Gasteiger charge is 2.60. The smallest absolute Gasteiger partial charge is 0.305 e. The van der Waals surface area contributed by atoms with Gasteiger partial charge in [-0.15, -0.1) is 0 Å². The van der Waals surface area contributed by atoms with Crippen LogP contribution >= 0.6 is 0 Å². The molecule has 6 aliphatic heterocycles. The molecule has 6 aliphatic rings. The van der Waals surface area contributed by atoms with Crippen LogP contribution in [0.5, 0.6) is 11.5 Å². The average molecular weight is 654 g/mol. The number of aryl methyl sites for hydroxylation is 2. The Morgan fingerprint density at radius 2 is 1.36 bits per heavy atom. The third-order valence-corrected chi connectivity index (χ3v) is 13.6. The number of carbonyl (C=O) groups is 1. The number of carbonyl (C=O) groups excluding carboxylic acids is 1. The topological polar surface area (TPSA) is 79.4 Å². The molecular weight excluding hydrogens is 611 g/mol. The predicted octanol–water partition coefficient (Wildman–Crippen LogP) is 6.22. The molecule has 9 rings (SSSR count). The van der Waals surface area contributed by atoms with Gasteiger partial charge in [0, 0.05) is 78.3 Å². The van der Waals surface area contributed by atoms with Crippen LogP contribution in [0.15, 0.2) is 41.3 Å². The van der Waals surface area contributed by atoms with Crippen LogP contribution in [0.3, 0.4) is 0 Å². The zero-order valence-electron chi connectivity index (χ0n) is 27.3. The predicted molar refractivity (Wildman–Crippen MR) is 181 cm³/mol. The molecule has 246 valence electrons. The largest absolute Gasteiger partial charge is 0.469 e. The lowest BCUT2D eigenvalue weighted by atomic mass is 9.70. The maximum absolute atomic E-state index is 14.9. The highest BCUT2D eigenvalue weighted by molar-refractivity contribution is 7.89. The molecule has 47 heavy (non-hydrogen) atoms. The highest BCUT2D eigenvalue weighted by Crippen LogP contribution is 2.64. The van der Waals surface area contributed by atoms with Gasteiger partial charge in [-0.2, -0.15) is 4.31 Å². The minimum absolute atomic E-state index is 0.226. The SMILES string of the molecule is COC(=O)CCCCCN1C2(c3ccccc3S1(=O)=O)c1cc3c4c(c1Oc1c2cc2c5c1CCCN5CCC2)CCCN4CCC3. The van der Waals surface area contributed by atoms with E-state index in [1.807, 2.05) is 16.4 Å². The van der Waals surface area contributed by atoms with Gasteiger partial charge in [-0.3, -0.25) is 4.79 Å². The molecule has 9 heteroatoms. The summed E-state index contributed by atoms with van der Waals surface area (Å²) < 4.78 is 43.8. The van der Waals surface area contributed by atoms with E-state index in [0.29, 0.717) is 30.7 Å². The second-order valence-electron chi connectivity index (χ2n) is 14.1. The molecule has 0 unspecified atom stereocenters. The monoisotopic (exact) mass is 653 g/mol. The van der Waals surface area contributed by atoms with Crippen LogP contribution in [0.4, 0.5) is 11.4 Å². The first-order chi connectivity index (χ1) is 22.9. The number of sulfonamides is 1. The quantitative estimate of drug-likeness (QED) is 0.231. The first-order valence-electron chi connectivity index (χ1n) is 17.7. The summed E-state index contributed by atoms with van der Waals surface area (Å²) in [6.45, 7) is 4.59. The van der Waals surface area contributed by atoms with Crippen molar-refractivity contribution in [1.29, 1.82) is 0 Å². The standard InChI is InChI=1S/C38H43N3O5S/c1-45-33(42)17-3-2-6-22-41-38(29-15-4-5-16-32(29)47(41,43)44)30-23-25-11-7-18-39-20-9-13-27(34(25)39)36(30)46-37-28-14-10-21-40-19-8-12-26(35(28)40)24-31(37)38/h4-5,15-16,23-24H,2-3,6-14,17-22H2,1H3. The summed E-state index contributed by atoms with van der Waals surface area (Å²) in [4.78, 5) is 17.3. The summed E-state index contributed by atoms with van der Waals surface area (Å²) in [5.41, 5.74) is 9.60. The lowest BCUT2D eigenvalue weighted by molar-refractivity contribution is -0.140. The first kappa shape index (κ1) is 29.6. The molecule has 0 aromatic heterocycles. The first-order valence-corrected chi connectivity index (χ1v) is 19.1. The van der Waals surface area contributed by atoms with Gasteiger partial charge >= 0.3 is 5.97 Å². The lowest BCUT2D eigenvalue weighted by Gasteiger charge is -2.48. The van der Waals surface area contributed by atoms with Crippen molar-refractivity contribution in [3.8, 4) is 11.5 Å². The minimum Gasteiger partial charge on any atom is -0.469 e. The number of nitrogens with zero attached hydrogens (tertiary/aromatic N) is 3. The summed E-state index contributed by atoms with van der Waals surface area (Å²) in [5, 5.41) is 0. The fourth-order valence-corrected chi connectivity index (χ4v) is 11.8. The molecule has 0 N–H and O–H groups in total. The molecule has 0 fully saturated rings. The number of unbranched alkanes of at least 4 members (excludes halogenated alkanes) is 2. The molecule has 8 nitrogen and oxygen atoms in total. The van der Waals surface area contributed by atoms with Gasteiger partial charge in [-0.25, -0.2) is 8.42 Å². The molecule has 0 bridgehead atoms. The van der Waals surface area contributed by atoms with Gasteiger partial charge in [-0.1, -0.05) is 24.6 Å². The Labute approximate surface area is 277 Å². The number of fused-ring (bicyclic) bond motifs is 8. The van der Waals surface area contributed by atoms with E-state index in [9.17, 15) is 13.2 Å².